The van der Waals surface area contributed by atoms with Gasteiger partial charge in [0.2, 0.25) is 0 Å². The molecule has 0 bridgehead atoms. The highest BCUT2D eigenvalue weighted by atomic mass is 32.2. The lowest BCUT2D eigenvalue weighted by Gasteiger charge is -2.25. The minimum absolute atomic E-state index is 0.249. The van der Waals surface area contributed by atoms with Gasteiger partial charge < -0.3 is 9.12 Å². The third kappa shape index (κ3) is 4.52. The molecule has 0 amide bonds. The van der Waals surface area contributed by atoms with Crippen molar-refractivity contribution in [3.05, 3.63) is 48.0 Å². The van der Waals surface area contributed by atoms with E-state index >= 15 is 0 Å². The Labute approximate surface area is 142 Å². The number of imidazole rings is 1. The Balaban J connectivity index is 2.13. The number of hydrogen-bond donors (Lipinski definition) is 1. The maximum atomic E-state index is 12.6. The molecule has 1 N–H and O–H groups in total. The molecule has 0 spiro atoms. The molecule has 1 heterocycles. The Morgan fingerprint density at radius 1 is 1.17 bits per heavy atom. The van der Waals surface area contributed by atoms with Gasteiger partial charge in [0, 0.05) is 23.2 Å². The van der Waals surface area contributed by atoms with E-state index < -0.39 is 27.8 Å². The lowest BCUT2D eigenvalue weighted by Crippen LogP contribution is -2.40. The number of benzene rings is 1. The second kappa shape index (κ2) is 6.78. The zero-order valence-corrected chi connectivity index (χ0v) is 14.7. The van der Waals surface area contributed by atoms with Crippen molar-refractivity contribution in [3.63, 3.8) is 0 Å². The Kier molecular flexibility index (Phi) is 5.31. The summed E-state index contributed by atoms with van der Waals surface area (Å²) in [6, 6.07) is 4.59. The van der Waals surface area contributed by atoms with Gasteiger partial charge in [-0.05, 0) is 52.0 Å². The third-order valence-electron chi connectivity index (χ3n) is 3.38. The molecule has 0 saturated heterocycles. The molecule has 0 aliphatic rings. The van der Waals surface area contributed by atoms with E-state index in [1.807, 2.05) is 27.7 Å². The molecule has 1 aromatic heterocycles. The summed E-state index contributed by atoms with van der Waals surface area (Å²) >= 11 is -1.24. The summed E-state index contributed by atoms with van der Waals surface area (Å²) in [6.45, 7) is 7.43. The fourth-order valence-corrected chi connectivity index (χ4v) is 2.72. The molecule has 1 aromatic carbocycles. The molecule has 2 aromatic rings. The molecule has 0 aliphatic heterocycles. The van der Waals surface area contributed by atoms with Gasteiger partial charge in [-0.3, -0.25) is 0 Å². The number of nitrogens with one attached hydrogen (secondary N) is 1. The monoisotopic (exact) mass is 359 g/mol. The third-order valence-corrected chi connectivity index (χ3v) is 5.06. The van der Waals surface area contributed by atoms with Crippen LogP contribution in [-0.4, -0.2) is 18.9 Å². The molecule has 2 atom stereocenters. The molecule has 2 rings (SSSR count). The fourth-order valence-electron chi connectivity index (χ4n) is 1.92. The quantitative estimate of drug-likeness (QED) is 0.840. The summed E-state index contributed by atoms with van der Waals surface area (Å²) in [7, 11) is 0. The van der Waals surface area contributed by atoms with Gasteiger partial charge in [0.15, 0.2) is 0 Å². The predicted molar refractivity (Wildman–Crippen MR) is 88.0 cm³/mol. The first kappa shape index (κ1) is 18.8. The molecule has 0 aliphatic carbocycles. The van der Waals surface area contributed by atoms with Gasteiger partial charge in [-0.25, -0.2) is 4.98 Å². The lowest BCUT2D eigenvalue weighted by atomic mass is 10.2. The smallest absolute Gasteiger partial charge is 0.416 e. The molecule has 24 heavy (non-hydrogen) atoms. The number of alkyl halides is 3. The largest absolute Gasteiger partial charge is 0.598 e. The highest BCUT2D eigenvalue weighted by Gasteiger charge is 2.30. The fraction of sp³-hybridized carbons (Fsp3) is 0.438. The summed E-state index contributed by atoms with van der Waals surface area (Å²) in [4.78, 5) is 4.24. The standard InChI is InChI=1S/C16H20F3N3OS/c1-11(21-24(23)15(2,3)4)14-9-22(10-20-14)13-7-5-12(6-8-13)16(17,18)19/h5-11,21H,1-4H3/t11?,24-/m0/s1. The normalized spacial score (nSPS) is 15.3. The van der Waals surface area contributed by atoms with Crippen LogP contribution in [0.2, 0.25) is 0 Å². The van der Waals surface area contributed by atoms with Gasteiger partial charge in [0.1, 0.15) is 4.75 Å². The predicted octanol–water partition coefficient (Wildman–Crippen LogP) is 4.00. The van der Waals surface area contributed by atoms with Crippen LogP contribution >= 0.6 is 0 Å². The van der Waals surface area contributed by atoms with Crippen LogP contribution in [-0.2, 0) is 17.5 Å². The Morgan fingerprint density at radius 3 is 2.25 bits per heavy atom. The van der Waals surface area contributed by atoms with Crippen LogP contribution in [0.25, 0.3) is 5.69 Å². The summed E-state index contributed by atoms with van der Waals surface area (Å²) in [6.07, 6.45) is -1.12. The summed E-state index contributed by atoms with van der Waals surface area (Å²) < 4.78 is 54.1. The van der Waals surface area contributed by atoms with Crippen LogP contribution in [0.4, 0.5) is 13.2 Å². The van der Waals surface area contributed by atoms with Crippen molar-refractivity contribution in [2.45, 2.75) is 44.7 Å². The SMILES string of the molecule is CC(N[S@@+]([O-])C(C)(C)C)c1cn(-c2ccc(C(F)(F)F)cc2)cn1. The molecular weight excluding hydrogens is 339 g/mol. The first-order valence-electron chi connectivity index (χ1n) is 7.38. The Morgan fingerprint density at radius 2 is 1.75 bits per heavy atom. The van der Waals surface area contributed by atoms with E-state index in [-0.39, 0.29) is 6.04 Å². The van der Waals surface area contributed by atoms with Crippen LogP contribution < -0.4 is 4.72 Å². The Bertz CT molecular complexity index is 677. The van der Waals surface area contributed by atoms with Gasteiger partial charge in [0.05, 0.1) is 23.6 Å². The van der Waals surface area contributed by atoms with E-state index in [0.717, 1.165) is 12.1 Å². The molecule has 1 unspecified atom stereocenters. The lowest BCUT2D eigenvalue weighted by molar-refractivity contribution is -0.137. The van der Waals surface area contributed by atoms with Crippen molar-refractivity contribution in [3.8, 4) is 5.69 Å². The Hall–Kier alpha value is -1.51. The van der Waals surface area contributed by atoms with Crippen LogP contribution in [0, 0.1) is 0 Å². The number of aromatic nitrogens is 2. The molecule has 0 saturated carbocycles. The molecule has 8 heteroatoms. The van der Waals surface area contributed by atoms with Crippen LogP contribution in [0.5, 0.6) is 0 Å². The highest BCUT2D eigenvalue weighted by molar-refractivity contribution is 7.90. The van der Waals surface area contributed by atoms with Gasteiger partial charge in [-0.1, -0.05) is 0 Å². The zero-order valence-electron chi connectivity index (χ0n) is 13.9. The first-order chi connectivity index (χ1) is 11.0. The topological polar surface area (TPSA) is 52.9 Å². The number of rotatable bonds is 4. The van der Waals surface area contributed by atoms with Gasteiger partial charge >= 0.3 is 6.18 Å². The average Bonchev–Trinajstić information content (AvgIpc) is 2.95. The van der Waals surface area contributed by atoms with Gasteiger partial charge in [0.25, 0.3) is 0 Å². The summed E-state index contributed by atoms with van der Waals surface area (Å²) in [5.74, 6) is 0. The second-order valence-electron chi connectivity index (χ2n) is 6.47. The molecule has 4 nitrogen and oxygen atoms in total. The van der Waals surface area contributed by atoms with E-state index in [2.05, 4.69) is 9.71 Å². The van der Waals surface area contributed by atoms with Crippen molar-refractivity contribution in [1.29, 1.82) is 0 Å². The minimum Gasteiger partial charge on any atom is -0.598 e. The number of nitrogens with zero attached hydrogens (tertiary/aromatic N) is 2. The van der Waals surface area contributed by atoms with Crippen LogP contribution in [0.3, 0.4) is 0 Å². The molecule has 0 fully saturated rings. The maximum Gasteiger partial charge on any atom is 0.416 e. The van der Waals surface area contributed by atoms with Crippen LogP contribution in [0.1, 0.15) is 45.0 Å². The first-order valence-corrected chi connectivity index (χ1v) is 8.53. The highest BCUT2D eigenvalue weighted by Crippen LogP contribution is 2.29. The maximum absolute atomic E-state index is 12.6. The van der Waals surface area contributed by atoms with Crippen LogP contribution in [0.15, 0.2) is 36.8 Å². The van der Waals surface area contributed by atoms with E-state index in [1.165, 1.54) is 18.5 Å². The van der Waals surface area contributed by atoms with E-state index in [4.69, 9.17) is 0 Å². The second-order valence-corrected chi connectivity index (χ2v) is 8.47. The average molecular weight is 359 g/mol. The minimum atomic E-state index is -4.35. The van der Waals surface area contributed by atoms with Crippen molar-refractivity contribution < 1.29 is 17.7 Å². The molecule has 132 valence electrons. The number of hydrogen-bond acceptors (Lipinski definition) is 3. The van der Waals surface area contributed by atoms with Gasteiger partial charge in [-0.15, -0.1) is 4.72 Å². The van der Waals surface area contributed by atoms with E-state index in [1.54, 1.807) is 10.8 Å². The number of halogens is 3. The molecule has 0 radical (unpaired) electrons. The summed E-state index contributed by atoms with van der Waals surface area (Å²) in [5.41, 5.74) is 0.542. The van der Waals surface area contributed by atoms with E-state index in [9.17, 15) is 17.7 Å². The summed E-state index contributed by atoms with van der Waals surface area (Å²) in [5, 5.41) is 0. The van der Waals surface area contributed by atoms with E-state index in [0.29, 0.717) is 11.4 Å². The molecular formula is C16H20F3N3OS. The van der Waals surface area contributed by atoms with Gasteiger partial charge in [-0.2, -0.15) is 13.2 Å². The van der Waals surface area contributed by atoms with Crippen molar-refractivity contribution in [1.82, 2.24) is 14.3 Å². The van der Waals surface area contributed by atoms with Crippen molar-refractivity contribution in [2.24, 2.45) is 0 Å². The van der Waals surface area contributed by atoms with Crippen molar-refractivity contribution >= 4 is 11.4 Å². The zero-order chi connectivity index (χ0) is 18.1. The van der Waals surface area contributed by atoms with Crippen molar-refractivity contribution in [2.75, 3.05) is 0 Å².